The van der Waals surface area contributed by atoms with Crippen molar-refractivity contribution in [1.29, 1.82) is 0 Å². The highest BCUT2D eigenvalue weighted by molar-refractivity contribution is 7.92. The zero-order chi connectivity index (χ0) is 21.5. The van der Waals surface area contributed by atoms with Crippen molar-refractivity contribution in [2.24, 2.45) is 0 Å². The minimum atomic E-state index is -3.89. The van der Waals surface area contributed by atoms with Gasteiger partial charge in [0.05, 0.1) is 22.5 Å². The van der Waals surface area contributed by atoms with E-state index in [1.54, 1.807) is 44.3 Å². The van der Waals surface area contributed by atoms with Gasteiger partial charge in [-0.15, -0.1) is 0 Å². The third kappa shape index (κ3) is 3.57. The van der Waals surface area contributed by atoms with Gasteiger partial charge in [-0.25, -0.2) is 8.42 Å². The standard InChI is InChI=1S/C20H19N5O4S/c1-12-5-6-14(10-16(12)30(28,29)24-15-4-3-9-21-11-15)19-13(2)23-25-18(27)8-7-17(26)22-20(19)25/h3-6,9-11,24H,7-8H2,1-2H3,(H,22,26). The molecule has 4 rings (SSSR count). The SMILES string of the molecule is Cc1ccc(-c2c(C)nn3c2NC(=O)CCC3=O)cc1S(=O)(=O)Nc1cccnc1. The fourth-order valence-electron chi connectivity index (χ4n) is 3.37. The Hall–Kier alpha value is -3.53. The van der Waals surface area contributed by atoms with Crippen molar-refractivity contribution >= 4 is 33.3 Å². The zero-order valence-corrected chi connectivity index (χ0v) is 17.2. The summed E-state index contributed by atoms with van der Waals surface area (Å²) in [7, 11) is -3.89. The number of sulfonamides is 1. The molecule has 154 valence electrons. The highest BCUT2D eigenvalue weighted by Crippen LogP contribution is 2.35. The lowest BCUT2D eigenvalue weighted by Gasteiger charge is -2.13. The van der Waals surface area contributed by atoms with E-state index >= 15 is 0 Å². The number of aromatic nitrogens is 3. The largest absolute Gasteiger partial charge is 0.310 e. The number of aryl methyl sites for hydroxylation is 2. The number of nitrogens with zero attached hydrogens (tertiary/aromatic N) is 3. The van der Waals surface area contributed by atoms with Crippen LogP contribution in [0.4, 0.5) is 11.5 Å². The number of amides is 1. The Balaban J connectivity index is 1.82. The molecule has 2 N–H and O–H groups in total. The van der Waals surface area contributed by atoms with E-state index < -0.39 is 10.0 Å². The molecule has 1 aliphatic heterocycles. The number of hydrogen-bond acceptors (Lipinski definition) is 6. The Bertz CT molecular complexity index is 1270. The molecule has 0 bridgehead atoms. The second-order valence-electron chi connectivity index (χ2n) is 6.99. The molecule has 0 saturated carbocycles. The maximum atomic E-state index is 13.0. The highest BCUT2D eigenvalue weighted by Gasteiger charge is 2.27. The predicted molar refractivity (Wildman–Crippen MR) is 111 cm³/mol. The zero-order valence-electron chi connectivity index (χ0n) is 16.3. The molecule has 2 aromatic heterocycles. The summed E-state index contributed by atoms with van der Waals surface area (Å²) in [5.41, 5.74) is 2.44. The van der Waals surface area contributed by atoms with Crippen LogP contribution in [0.5, 0.6) is 0 Å². The van der Waals surface area contributed by atoms with E-state index in [1.807, 2.05) is 0 Å². The summed E-state index contributed by atoms with van der Waals surface area (Å²) in [6.45, 7) is 3.40. The molecule has 30 heavy (non-hydrogen) atoms. The fraction of sp³-hybridized carbons (Fsp3) is 0.200. The number of nitrogens with one attached hydrogen (secondary N) is 2. The lowest BCUT2D eigenvalue weighted by Crippen LogP contribution is -2.15. The van der Waals surface area contributed by atoms with Gasteiger partial charge in [0, 0.05) is 24.6 Å². The van der Waals surface area contributed by atoms with Gasteiger partial charge in [-0.05, 0) is 43.2 Å². The Labute approximate surface area is 173 Å². The first-order valence-corrected chi connectivity index (χ1v) is 10.7. The molecule has 0 unspecified atom stereocenters. The van der Waals surface area contributed by atoms with Gasteiger partial charge in [-0.2, -0.15) is 9.78 Å². The smallest absolute Gasteiger partial charge is 0.262 e. The summed E-state index contributed by atoms with van der Waals surface area (Å²) in [5, 5.41) is 6.98. The average molecular weight is 425 g/mol. The van der Waals surface area contributed by atoms with Crippen LogP contribution in [0.2, 0.25) is 0 Å². The van der Waals surface area contributed by atoms with Crippen LogP contribution in [0.25, 0.3) is 11.1 Å². The molecule has 9 nitrogen and oxygen atoms in total. The first kappa shape index (κ1) is 19.8. The van der Waals surface area contributed by atoms with Crippen LogP contribution < -0.4 is 10.0 Å². The van der Waals surface area contributed by atoms with Gasteiger partial charge in [0.15, 0.2) is 0 Å². The van der Waals surface area contributed by atoms with Crippen LogP contribution in [0, 0.1) is 13.8 Å². The normalized spacial score (nSPS) is 14.1. The van der Waals surface area contributed by atoms with Crippen molar-refractivity contribution in [3.05, 3.63) is 54.0 Å². The number of fused-ring (bicyclic) bond motifs is 1. The first-order chi connectivity index (χ1) is 14.3. The Morgan fingerprint density at radius 3 is 2.67 bits per heavy atom. The van der Waals surface area contributed by atoms with Gasteiger partial charge in [0.2, 0.25) is 11.8 Å². The van der Waals surface area contributed by atoms with Crippen molar-refractivity contribution < 1.29 is 18.0 Å². The lowest BCUT2D eigenvalue weighted by atomic mass is 10.0. The fourth-order valence-corrected chi connectivity index (χ4v) is 4.68. The predicted octanol–water partition coefficient (Wildman–Crippen LogP) is 2.74. The maximum Gasteiger partial charge on any atom is 0.262 e. The van der Waals surface area contributed by atoms with E-state index in [4.69, 9.17) is 0 Å². The molecule has 0 saturated heterocycles. The Morgan fingerprint density at radius 2 is 1.93 bits per heavy atom. The summed E-state index contributed by atoms with van der Waals surface area (Å²) in [5.74, 6) is -0.329. The number of carbonyl (C=O) groups is 2. The van der Waals surface area contributed by atoms with Crippen molar-refractivity contribution in [2.45, 2.75) is 31.6 Å². The van der Waals surface area contributed by atoms with E-state index in [1.165, 1.54) is 16.9 Å². The van der Waals surface area contributed by atoms with Crippen LogP contribution in [0.15, 0.2) is 47.6 Å². The molecule has 10 heteroatoms. The number of carbonyl (C=O) groups excluding carboxylic acids is 2. The molecule has 0 aliphatic carbocycles. The molecule has 0 radical (unpaired) electrons. The third-order valence-corrected chi connectivity index (χ3v) is 6.32. The molecule has 1 amide bonds. The molecule has 3 heterocycles. The number of hydrogen-bond donors (Lipinski definition) is 2. The quantitative estimate of drug-likeness (QED) is 0.663. The van der Waals surface area contributed by atoms with E-state index in [9.17, 15) is 18.0 Å². The Morgan fingerprint density at radius 1 is 1.13 bits per heavy atom. The van der Waals surface area contributed by atoms with E-state index in [-0.39, 0.29) is 35.4 Å². The molecular weight excluding hydrogens is 406 g/mol. The van der Waals surface area contributed by atoms with Gasteiger partial charge in [0.1, 0.15) is 5.82 Å². The first-order valence-electron chi connectivity index (χ1n) is 9.23. The van der Waals surface area contributed by atoms with Crippen molar-refractivity contribution in [3.8, 4) is 11.1 Å². The van der Waals surface area contributed by atoms with Gasteiger partial charge >= 0.3 is 0 Å². The molecule has 1 aliphatic rings. The minimum absolute atomic E-state index is 0.0575. The average Bonchev–Trinajstić information content (AvgIpc) is 2.95. The summed E-state index contributed by atoms with van der Waals surface area (Å²) >= 11 is 0. The molecule has 3 aromatic rings. The van der Waals surface area contributed by atoms with Gasteiger partial charge in [-0.3, -0.25) is 19.3 Å². The maximum absolute atomic E-state index is 13.0. The van der Waals surface area contributed by atoms with Gasteiger partial charge < -0.3 is 5.32 Å². The summed E-state index contributed by atoms with van der Waals surface area (Å²) in [4.78, 5) is 28.4. The number of pyridine rings is 1. The minimum Gasteiger partial charge on any atom is -0.310 e. The second-order valence-corrected chi connectivity index (χ2v) is 8.64. The van der Waals surface area contributed by atoms with Gasteiger partial charge in [0.25, 0.3) is 10.0 Å². The lowest BCUT2D eigenvalue weighted by molar-refractivity contribution is -0.116. The topological polar surface area (TPSA) is 123 Å². The van der Waals surface area contributed by atoms with Crippen LogP contribution >= 0.6 is 0 Å². The monoisotopic (exact) mass is 425 g/mol. The van der Waals surface area contributed by atoms with Crippen molar-refractivity contribution in [3.63, 3.8) is 0 Å². The number of benzene rings is 1. The number of rotatable bonds is 4. The van der Waals surface area contributed by atoms with E-state index in [0.29, 0.717) is 28.1 Å². The molecule has 1 aromatic carbocycles. The Kier molecular flexibility index (Phi) is 4.86. The van der Waals surface area contributed by atoms with Crippen LogP contribution in [-0.4, -0.2) is 35.0 Å². The summed E-state index contributed by atoms with van der Waals surface area (Å²) in [6, 6.07) is 8.17. The molecule has 0 fully saturated rings. The molecule has 0 spiro atoms. The second kappa shape index (κ2) is 7.38. The van der Waals surface area contributed by atoms with Crippen molar-refractivity contribution in [2.75, 3.05) is 10.0 Å². The van der Waals surface area contributed by atoms with Crippen molar-refractivity contribution in [1.82, 2.24) is 14.8 Å². The molecule has 0 atom stereocenters. The number of anilines is 2. The van der Waals surface area contributed by atoms with Crippen LogP contribution in [0.1, 0.15) is 28.9 Å². The summed E-state index contributed by atoms with van der Waals surface area (Å²) in [6.07, 6.45) is 3.10. The van der Waals surface area contributed by atoms with Crippen LogP contribution in [0.3, 0.4) is 0 Å². The summed E-state index contributed by atoms with van der Waals surface area (Å²) < 4.78 is 29.7. The third-order valence-electron chi connectivity index (χ3n) is 4.80. The van der Waals surface area contributed by atoms with Crippen LogP contribution in [-0.2, 0) is 14.8 Å². The van der Waals surface area contributed by atoms with Gasteiger partial charge in [-0.1, -0.05) is 12.1 Å². The van der Waals surface area contributed by atoms with E-state index in [0.717, 1.165) is 0 Å². The highest BCUT2D eigenvalue weighted by atomic mass is 32.2. The van der Waals surface area contributed by atoms with E-state index in [2.05, 4.69) is 20.1 Å². The molecular formula is C20H19N5O4S.